The van der Waals surface area contributed by atoms with Crippen molar-refractivity contribution in [3.63, 3.8) is 0 Å². The van der Waals surface area contributed by atoms with Crippen LogP contribution in [0, 0.1) is 6.92 Å². The number of ether oxygens (including phenoxy) is 1. The Morgan fingerprint density at radius 1 is 1.08 bits per heavy atom. The van der Waals surface area contributed by atoms with Gasteiger partial charge in [0.15, 0.2) is 0 Å². The number of methoxy groups -OCH3 is 1. The van der Waals surface area contributed by atoms with Crippen molar-refractivity contribution in [2.45, 2.75) is 19.9 Å². The zero-order chi connectivity index (χ0) is 16.8. The molecular weight excluding hydrogens is 302 g/mol. The van der Waals surface area contributed by atoms with Gasteiger partial charge in [0.25, 0.3) is 0 Å². The first-order chi connectivity index (χ1) is 11.8. The second kappa shape index (κ2) is 7.75. The first-order valence-corrected chi connectivity index (χ1v) is 7.98. The molecule has 3 aromatic rings. The maximum absolute atomic E-state index is 5.73. The van der Waals surface area contributed by atoms with E-state index in [1.807, 2.05) is 49.4 Å². The van der Waals surface area contributed by atoms with E-state index >= 15 is 0 Å². The molecule has 3 rings (SSSR count). The third kappa shape index (κ3) is 4.00. The molecule has 0 unspecified atom stereocenters. The second-order valence-electron chi connectivity index (χ2n) is 5.59. The monoisotopic (exact) mass is 323 g/mol. The number of benzene rings is 2. The lowest BCUT2D eigenvalue weighted by Gasteiger charge is -2.05. The third-order valence-electron chi connectivity index (χ3n) is 3.84. The van der Waals surface area contributed by atoms with Crippen LogP contribution in [0.1, 0.15) is 17.0 Å². The van der Waals surface area contributed by atoms with Crippen molar-refractivity contribution in [1.82, 2.24) is 15.5 Å². The lowest BCUT2D eigenvalue weighted by Crippen LogP contribution is -2.16. The van der Waals surface area contributed by atoms with Crippen molar-refractivity contribution < 1.29 is 9.15 Å². The molecule has 0 bridgehead atoms. The summed E-state index contributed by atoms with van der Waals surface area (Å²) >= 11 is 0. The first kappa shape index (κ1) is 16.2. The van der Waals surface area contributed by atoms with Gasteiger partial charge in [-0.25, -0.2) is 0 Å². The van der Waals surface area contributed by atoms with Crippen molar-refractivity contribution >= 4 is 0 Å². The van der Waals surface area contributed by atoms with Crippen LogP contribution >= 0.6 is 0 Å². The minimum atomic E-state index is 0.558. The Kier molecular flexibility index (Phi) is 5.23. The third-order valence-corrected chi connectivity index (χ3v) is 3.84. The average molecular weight is 323 g/mol. The van der Waals surface area contributed by atoms with Crippen molar-refractivity contribution in [3.05, 3.63) is 65.5 Å². The van der Waals surface area contributed by atoms with Gasteiger partial charge in [-0.05, 0) is 49.2 Å². The highest BCUT2D eigenvalue weighted by atomic mass is 16.5. The summed E-state index contributed by atoms with van der Waals surface area (Å²) < 4.78 is 11.0. The molecule has 0 amide bonds. The van der Waals surface area contributed by atoms with Crippen LogP contribution in [-0.4, -0.2) is 23.9 Å². The number of hydrogen-bond donors (Lipinski definition) is 1. The maximum Gasteiger partial charge on any atom is 0.248 e. The molecule has 0 saturated carbocycles. The summed E-state index contributed by atoms with van der Waals surface area (Å²) in [7, 11) is 1.68. The van der Waals surface area contributed by atoms with E-state index < -0.39 is 0 Å². The van der Waals surface area contributed by atoms with Gasteiger partial charge < -0.3 is 14.5 Å². The summed E-state index contributed by atoms with van der Waals surface area (Å²) in [6.07, 6.45) is 0.913. The molecular formula is C19H21N3O2. The molecule has 1 heterocycles. The Labute approximate surface area is 141 Å². The van der Waals surface area contributed by atoms with Crippen LogP contribution in [0.25, 0.3) is 11.5 Å². The molecule has 0 atom stereocenters. The van der Waals surface area contributed by atoms with Gasteiger partial charge in [0.2, 0.25) is 11.8 Å². The predicted molar refractivity (Wildman–Crippen MR) is 92.9 cm³/mol. The molecule has 0 fully saturated rings. The van der Waals surface area contributed by atoms with E-state index in [4.69, 9.17) is 9.15 Å². The zero-order valence-corrected chi connectivity index (χ0v) is 14.0. The second-order valence-corrected chi connectivity index (χ2v) is 5.59. The summed E-state index contributed by atoms with van der Waals surface area (Å²) in [5, 5.41) is 11.6. The normalized spacial score (nSPS) is 10.8. The van der Waals surface area contributed by atoms with E-state index in [0.717, 1.165) is 29.8 Å². The van der Waals surface area contributed by atoms with E-state index in [0.29, 0.717) is 18.3 Å². The number of aromatic nitrogens is 2. The molecule has 124 valence electrons. The van der Waals surface area contributed by atoms with Crippen LogP contribution in [0.5, 0.6) is 5.75 Å². The fourth-order valence-electron chi connectivity index (χ4n) is 2.50. The van der Waals surface area contributed by atoms with Gasteiger partial charge in [-0.15, -0.1) is 10.2 Å². The van der Waals surface area contributed by atoms with Gasteiger partial charge in [-0.1, -0.05) is 30.3 Å². The summed E-state index contributed by atoms with van der Waals surface area (Å²) in [6, 6.07) is 16.1. The smallest absolute Gasteiger partial charge is 0.248 e. The number of nitrogens with one attached hydrogen (secondary N) is 1. The van der Waals surface area contributed by atoms with Gasteiger partial charge in [-0.2, -0.15) is 0 Å². The standard InChI is InChI=1S/C19H21N3O2/c1-14-6-3-4-9-17(14)19-22-21-18(24-19)13-20-11-10-15-7-5-8-16(12-15)23-2/h3-9,12,20H,10-11,13H2,1-2H3. The predicted octanol–water partition coefficient (Wildman–Crippen LogP) is 3.39. The summed E-state index contributed by atoms with van der Waals surface area (Å²) in [4.78, 5) is 0. The van der Waals surface area contributed by atoms with Crippen LogP contribution in [0.3, 0.4) is 0 Å². The van der Waals surface area contributed by atoms with Crippen LogP contribution in [0.4, 0.5) is 0 Å². The van der Waals surface area contributed by atoms with Crippen LogP contribution in [0.2, 0.25) is 0 Å². The van der Waals surface area contributed by atoms with Gasteiger partial charge in [0.1, 0.15) is 5.75 Å². The van der Waals surface area contributed by atoms with E-state index in [1.165, 1.54) is 5.56 Å². The molecule has 24 heavy (non-hydrogen) atoms. The lowest BCUT2D eigenvalue weighted by atomic mass is 10.1. The van der Waals surface area contributed by atoms with E-state index in [2.05, 4.69) is 21.6 Å². The van der Waals surface area contributed by atoms with E-state index in [-0.39, 0.29) is 0 Å². The van der Waals surface area contributed by atoms with E-state index in [9.17, 15) is 0 Å². The number of aryl methyl sites for hydroxylation is 1. The molecule has 5 nitrogen and oxygen atoms in total. The molecule has 5 heteroatoms. The molecule has 1 N–H and O–H groups in total. The van der Waals surface area contributed by atoms with Crippen molar-refractivity contribution in [3.8, 4) is 17.2 Å². The molecule has 0 aliphatic carbocycles. The first-order valence-electron chi connectivity index (χ1n) is 7.98. The van der Waals surface area contributed by atoms with Gasteiger partial charge in [-0.3, -0.25) is 0 Å². The van der Waals surface area contributed by atoms with Crippen LogP contribution in [-0.2, 0) is 13.0 Å². The molecule has 0 aliphatic rings. The Morgan fingerprint density at radius 3 is 2.79 bits per heavy atom. The Hall–Kier alpha value is -2.66. The van der Waals surface area contributed by atoms with Gasteiger partial charge in [0.05, 0.1) is 13.7 Å². The van der Waals surface area contributed by atoms with Crippen LogP contribution < -0.4 is 10.1 Å². The topological polar surface area (TPSA) is 60.2 Å². The summed E-state index contributed by atoms with van der Waals surface area (Å²) in [5.41, 5.74) is 3.33. The van der Waals surface area contributed by atoms with Crippen LogP contribution in [0.15, 0.2) is 52.9 Å². The number of hydrogen-bond acceptors (Lipinski definition) is 5. The average Bonchev–Trinajstić information content (AvgIpc) is 3.08. The molecule has 0 saturated heterocycles. The highest BCUT2D eigenvalue weighted by molar-refractivity contribution is 5.57. The lowest BCUT2D eigenvalue weighted by molar-refractivity contribution is 0.414. The van der Waals surface area contributed by atoms with Gasteiger partial charge >= 0.3 is 0 Å². The molecule has 1 aromatic heterocycles. The zero-order valence-electron chi connectivity index (χ0n) is 14.0. The Balaban J connectivity index is 1.52. The molecule has 0 aliphatic heterocycles. The number of rotatable bonds is 7. The SMILES string of the molecule is COc1cccc(CCNCc2nnc(-c3ccccc3C)o2)c1. The van der Waals surface area contributed by atoms with Crippen molar-refractivity contribution in [2.75, 3.05) is 13.7 Å². The highest BCUT2D eigenvalue weighted by Crippen LogP contribution is 2.21. The Bertz CT molecular complexity index is 799. The fourth-order valence-corrected chi connectivity index (χ4v) is 2.50. The number of nitrogens with zero attached hydrogens (tertiary/aromatic N) is 2. The maximum atomic E-state index is 5.73. The molecule has 2 aromatic carbocycles. The minimum absolute atomic E-state index is 0.558. The van der Waals surface area contributed by atoms with Gasteiger partial charge in [0, 0.05) is 5.56 Å². The summed E-state index contributed by atoms with van der Waals surface area (Å²) in [5.74, 6) is 2.05. The minimum Gasteiger partial charge on any atom is -0.497 e. The fraction of sp³-hybridized carbons (Fsp3) is 0.263. The quantitative estimate of drug-likeness (QED) is 0.675. The van der Waals surface area contributed by atoms with Crippen molar-refractivity contribution in [2.24, 2.45) is 0 Å². The molecule has 0 radical (unpaired) electrons. The molecule has 0 spiro atoms. The summed E-state index contributed by atoms with van der Waals surface area (Å²) in [6.45, 7) is 3.42. The largest absolute Gasteiger partial charge is 0.497 e. The highest BCUT2D eigenvalue weighted by Gasteiger charge is 2.09. The van der Waals surface area contributed by atoms with Crippen molar-refractivity contribution in [1.29, 1.82) is 0 Å². The Morgan fingerprint density at radius 2 is 1.96 bits per heavy atom. The van der Waals surface area contributed by atoms with E-state index in [1.54, 1.807) is 7.11 Å².